The highest BCUT2D eigenvalue weighted by Crippen LogP contribution is 2.19. The molecule has 0 amide bonds. The van der Waals surface area contributed by atoms with Gasteiger partial charge in [0.15, 0.2) is 0 Å². The van der Waals surface area contributed by atoms with Crippen LogP contribution in [0.15, 0.2) is 11.1 Å². The van der Waals surface area contributed by atoms with Gasteiger partial charge in [-0.25, -0.2) is 9.97 Å². The third-order valence-corrected chi connectivity index (χ3v) is 2.34. The first-order valence-corrected chi connectivity index (χ1v) is 5.39. The fourth-order valence-electron chi connectivity index (χ4n) is 0.941. The Morgan fingerprint density at radius 3 is 2.69 bits per heavy atom. The Morgan fingerprint density at radius 2 is 2.15 bits per heavy atom. The van der Waals surface area contributed by atoms with Crippen molar-refractivity contribution in [1.82, 2.24) is 9.97 Å². The summed E-state index contributed by atoms with van der Waals surface area (Å²) in [6.45, 7) is 6.22. The summed E-state index contributed by atoms with van der Waals surface area (Å²) in [7, 11) is 0. The molecule has 0 spiro atoms. The maximum Gasteiger partial charge on any atom is 0.134 e. The lowest BCUT2D eigenvalue weighted by atomic mass is 10.2. The molecule has 0 bridgehead atoms. The maximum atomic E-state index is 5.66. The molecule has 1 rings (SSSR count). The van der Waals surface area contributed by atoms with Gasteiger partial charge in [-0.3, -0.25) is 0 Å². The Labute approximate surface area is 83.2 Å². The number of nitrogens with two attached hydrogens (primary N) is 1. The van der Waals surface area contributed by atoms with Crippen LogP contribution in [0, 0.1) is 0 Å². The number of hydrogen-bond donors (Lipinski definition) is 1. The average Bonchev–Trinajstić information content (AvgIpc) is 2.03. The van der Waals surface area contributed by atoms with E-state index in [2.05, 4.69) is 30.7 Å². The molecule has 1 aromatic heterocycles. The predicted octanol–water partition coefficient (Wildman–Crippen LogP) is 2.29. The first-order chi connectivity index (χ1) is 6.13. The second kappa shape index (κ2) is 4.46. The number of nitrogen functional groups attached to an aromatic ring is 1. The van der Waals surface area contributed by atoms with Gasteiger partial charge in [0.1, 0.15) is 16.7 Å². The molecule has 0 aliphatic heterocycles. The van der Waals surface area contributed by atoms with Crippen molar-refractivity contribution in [2.75, 3.05) is 11.5 Å². The van der Waals surface area contributed by atoms with Crippen LogP contribution in [0.5, 0.6) is 0 Å². The van der Waals surface area contributed by atoms with E-state index in [0.717, 1.165) is 16.6 Å². The van der Waals surface area contributed by atoms with E-state index in [1.54, 1.807) is 11.8 Å². The number of aromatic nitrogens is 2. The van der Waals surface area contributed by atoms with Crippen molar-refractivity contribution < 1.29 is 0 Å². The van der Waals surface area contributed by atoms with Crippen LogP contribution in [0.1, 0.15) is 32.5 Å². The van der Waals surface area contributed by atoms with Crippen LogP contribution >= 0.6 is 11.8 Å². The van der Waals surface area contributed by atoms with Crippen molar-refractivity contribution in [3.8, 4) is 0 Å². The van der Waals surface area contributed by atoms with Gasteiger partial charge >= 0.3 is 0 Å². The van der Waals surface area contributed by atoms with Gasteiger partial charge in [-0.15, -0.1) is 11.8 Å². The van der Waals surface area contributed by atoms with Crippen molar-refractivity contribution in [2.45, 2.75) is 31.7 Å². The third kappa shape index (κ3) is 2.88. The van der Waals surface area contributed by atoms with Crippen LogP contribution in [-0.2, 0) is 0 Å². The summed E-state index contributed by atoms with van der Waals surface area (Å²) in [5.41, 5.74) is 5.66. The summed E-state index contributed by atoms with van der Waals surface area (Å²) >= 11 is 1.69. The molecule has 1 aromatic rings. The van der Waals surface area contributed by atoms with Crippen molar-refractivity contribution >= 4 is 17.6 Å². The minimum Gasteiger partial charge on any atom is -0.384 e. The molecule has 0 aromatic carbocycles. The molecule has 0 fully saturated rings. The van der Waals surface area contributed by atoms with Crippen LogP contribution in [0.25, 0.3) is 0 Å². The van der Waals surface area contributed by atoms with Gasteiger partial charge in [-0.2, -0.15) is 0 Å². The highest BCUT2D eigenvalue weighted by Gasteiger charge is 2.05. The van der Waals surface area contributed by atoms with Crippen LogP contribution in [0.3, 0.4) is 0 Å². The molecule has 0 unspecified atom stereocenters. The molecule has 0 aliphatic carbocycles. The topological polar surface area (TPSA) is 51.8 Å². The standard InChI is InChI=1S/C9H15N3S/c1-4-13-8-5-7(10)11-9(12-8)6(2)3/h5-6H,4H2,1-3H3,(H2,10,11,12). The molecule has 0 saturated carbocycles. The predicted molar refractivity (Wildman–Crippen MR) is 56.9 cm³/mol. The van der Waals surface area contributed by atoms with Crippen molar-refractivity contribution in [2.24, 2.45) is 0 Å². The SMILES string of the molecule is CCSc1cc(N)nc(C(C)C)n1. The maximum absolute atomic E-state index is 5.66. The Bertz CT molecular complexity index is 286. The van der Waals surface area contributed by atoms with Crippen molar-refractivity contribution in [3.05, 3.63) is 11.9 Å². The minimum absolute atomic E-state index is 0.333. The summed E-state index contributed by atoms with van der Waals surface area (Å²) in [5.74, 6) is 2.74. The summed E-state index contributed by atoms with van der Waals surface area (Å²) < 4.78 is 0. The molecule has 1 heterocycles. The fourth-order valence-corrected chi connectivity index (χ4v) is 1.60. The van der Waals surface area contributed by atoms with E-state index in [0.29, 0.717) is 11.7 Å². The average molecular weight is 197 g/mol. The number of hydrogen-bond acceptors (Lipinski definition) is 4. The Morgan fingerprint density at radius 1 is 1.46 bits per heavy atom. The molecule has 72 valence electrons. The fraction of sp³-hybridized carbons (Fsp3) is 0.556. The van der Waals surface area contributed by atoms with Crippen LogP contribution in [0.2, 0.25) is 0 Å². The van der Waals surface area contributed by atoms with Crippen molar-refractivity contribution in [1.29, 1.82) is 0 Å². The molecule has 4 heteroatoms. The molecule has 13 heavy (non-hydrogen) atoms. The summed E-state index contributed by atoms with van der Waals surface area (Å²) in [4.78, 5) is 8.56. The third-order valence-electron chi connectivity index (χ3n) is 1.55. The second-order valence-corrected chi connectivity index (χ2v) is 4.36. The zero-order chi connectivity index (χ0) is 9.84. The van der Waals surface area contributed by atoms with Crippen LogP contribution < -0.4 is 5.73 Å². The normalized spacial score (nSPS) is 10.8. The van der Waals surface area contributed by atoms with E-state index >= 15 is 0 Å². The molecule has 0 radical (unpaired) electrons. The van der Waals surface area contributed by atoms with Gasteiger partial charge < -0.3 is 5.73 Å². The zero-order valence-corrected chi connectivity index (χ0v) is 9.06. The monoisotopic (exact) mass is 197 g/mol. The summed E-state index contributed by atoms with van der Waals surface area (Å²) in [6.07, 6.45) is 0. The lowest BCUT2D eigenvalue weighted by Crippen LogP contribution is -2.02. The number of anilines is 1. The lowest BCUT2D eigenvalue weighted by Gasteiger charge is -2.06. The molecule has 0 saturated heterocycles. The van der Waals surface area contributed by atoms with E-state index in [1.807, 2.05) is 6.07 Å². The second-order valence-electron chi connectivity index (χ2n) is 3.08. The smallest absolute Gasteiger partial charge is 0.134 e. The van der Waals surface area contributed by atoms with Gasteiger partial charge in [-0.1, -0.05) is 20.8 Å². The van der Waals surface area contributed by atoms with E-state index < -0.39 is 0 Å². The quantitative estimate of drug-likeness (QED) is 0.596. The highest BCUT2D eigenvalue weighted by atomic mass is 32.2. The van der Waals surface area contributed by atoms with E-state index in [4.69, 9.17) is 5.73 Å². The first kappa shape index (κ1) is 10.3. The van der Waals surface area contributed by atoms with Gasteiger partial charge in [0.25, 0.3) is 0 Å². The molecule has 0 atom stereocenters. The largest absolute Gasteiger partial charge is 0.384 e. The van der Waals surface area contributed by atoms with Crippen LogP contribution in [0.4, 0.5) is 5.82 Å². The van der Waals surface area contributed by atoms with Gasteiger partial charge in [-0.05, 0) is 5.75 Å². The van der Waals surface area contributed by atoms with Crippen LogP contribution in [-0.4, -0.2) is 15.7 Å². The Balaban J connectivity index is 2.96. The molecular formula is C9H15N3S. The lowest BCUT2D eigenvalue weighted by molar-refractivity contribution is 0.756. The zero-order valence-electron chi connectivity index (χ0n) is 8.24. The summed E-state index contributed by atoms with van der Waals surface area (Å²) in [6, 6.07) is 1.82. The van der Waals surface area contributed by atoms with Gasteiger partial charge in [0, 0.05) is 12.0 Å². The molecular weight excluding hydrogens is 182 g/mol. The molecule has 0 aliphatic rings. The minimum atomic E-state index is 0.333. The molecule has 2 N–H and O–H groups in total. The summed E-state index contributed by atoms with van der Waals surface area (Å²) in [5, 5.41) is 0.971. The number of rotatable bonds is 3. The van der Waals surface area contributed by atoms with Gasteiger partial charge in [0.2, 0.25) is 0 Å². The Kier molecular flexibility index (Phi) is 3.54. The Hall–Kier alpha value is -0.770. The van der Waals surface area contributed by atoms with E-state index in [9.17, 15) is 0 Å². The van der Waals surface area contributed by atoms with E-state index in [1.165, 1.54) is 0 Å². The first-order valence-electron chi connectivity index (χ1n) is 4.40. The van der Waals surface area contributed by atoms with Crippen molar-refractivity contribution in [3.63, 3.8) is 0 Å². The van der Waals surface area contributed by atoms with E-state index in [-0.39, 0.29) is 0 Å². The molecule has 3 nitrogen and oxygen atoms in total. The number of nitrogens with zero attached hydrogens (tertiary/aromatic N) is 2. The highest BCUT2D eigenvalue weighted by molar-refractivity contribution is 7.99. The number of thioether (sulfide) groups is 1. The van der Waals surface area contributed by atoms with Gasteiger partial charge in [0.05, 0.1) is 0 Å².